The number of halogens is 1. The minimum absolute atomic E-state index is 0.469. The van der Waals surface area contributed by atoms with Gasteiger partial charge in [-0.15, -0.1) is 5.10 Å². The van der Waals surface area contributed by atoms with Crippen molar-refractivity contribution >= 4 is 39.9 Å². The zero-order valence-corrected chi connectivity index (χ0v) is 10.3. The van der Waals surface area contributed by atoms with Gasteiger partial charge in [-0.25, -0.2) is 4.98 Å². The van der Waals surface area contributed by atoms with Crippen molar-refractivity contribution in [2.24, 2.45) is 0 Å². The fourth-order valence-corrected chi connectivity index (χ4v) is 2.23. The largest absolute Gasteiger partial charge is 0.435 e. The molecule has 5 nitrogen and oxygen atoms in total. The highest BCUT2D eigenvalue weighted by molar-refractivity contribution is 7.09. The normalized spacial score (nSPS) is 11.2. The number of rotatable bonds is 1. The van der Waals surface area contributed by atoms with E-state index in [1.165, 1.54) is 11.5 Å². The van der Waals surface area contributed by atoms with E-state index in [9.17, 15) is 0 Å². The summed E-state index contributed by atoms with van der Waals surface area (Å²) >= 11 is 7.17. The minimum Gasteiger partial charge on any atom is -0.435 e. The van der Waals surface area contributed by atoms with Crippen LogP contribution in [0.2, 0.25) is 5.02 Å². The van der Waals surface area contributed by atoms with Gasteiger partial charge in [0.25, 0.3) is 0 Å². The van der Waals surface area contributed by atoms with Gasteiger partial charge in [-0.1, -0.05) is 16.1 Å². The van der Waals surface area contributed by atoms with Crippen molar-refractivity contribution in [1.29, 1.82) is 0 Å². The maximum atomic E-state index is 5.92. The molecular formula is C10H7ClN4OS. The molecule has 0 aliphatic rings. The summed E-state index contributed by atoms with van der Waals surface area (Å²) in [6.45, 7) is 1.86. The maximum absolute atomic E-state index is 5.92. The summed E-state index contributed by atoms with van der Waals surface area (Å²) in [4.78, 5) is 5.16. The number of nitrogens with zero attached hydrogens (tertiary/aromatic N) is 3. The first kappa shape index (κ1) is 10.5. The molecule has 0 aliphatic heterocycles. The molecule has 2 aromatic heterocycles. The van der Waals surface area contributed by atoms with Crippen LogP contribution in [0, 0.1) is 6.92 Å². The average molecular weight is 267 g/mol. The predicted octanol–water partition coefficient (Wildman–Crippen LogP) is 2.89. The molecule has 2 heterocycles. The quantitative estimate of drug-likeness (QED) is 0.685. The van der Waals surface area contributed by atoms with Crippen LogP contribution in [-0.2, 0) is 0 Å². The highest BCUT2D eigenvalue weighted by Gasteiger charge is 2.14. The van der Waals surface area contributed by atoms with Gasteiger partial charge in [0.1, 0.15) is 10.4 Å². The van der Waals surface area contributed by atoms with Crippen LogP contribution in [0.5, 0.6) is 0 Å². The zero-order valence-electron chi connectivity index (χ0n) is 8.77. The molecule has 1 aromatic carbocycles. The van der Waals surface area contributed by atoms with Crippen LogP contribution in [0.25, 0.3) is 21.9 Å². The van der Waals surface area contributed by atoms with E-state index in [0.29, 0.717) is 27.7 Å². The number of fused-ring (bicyclic) bond motifs is 1. The van der Waals surface area contributed by atoms with Gasteiger partial charge in [0.2, 0.25) is 5.89 Å². The first-order valence-electron chi connectivity index (χ1n) is 4.80. The first-order chi connectivity index (χ1) is 8.15. The van der Waals surface area contributed by atoms with Gasteiger partial charge in [0.05, 0.1) is 16.4 Å². The van der Waals surface area contributed by atoms with E-state index in [-0.39, 0.29) is 0 Å². The number of hydrogen-bond donors (Lipinski definition) is 1. The summed E-state index contributed by atoms with van der Waals surface area (Å²) in [5.74, 6) is 0.495. The van der Waals surface area contributed by atoms with Crippen LogP contribution < -0.4 is 5.73 Å². The predicted molar refractivity (Wildman–Crippen MR) is 67.1 cm³/mol. The van der Waals surface area contributed by atoms with Crippen LogP contribution in [0.15, 0.2) is 16.5 Å². The summed E-state index contributed by atoms with van der Waals surface area (Å²) in [7, 11) is 0. The zero-order chi connectivity index (χ0) is 12.0. The Hall–Kier alpha value is -1.66. The molecule has 0 saturated carbocycles. The number of aromatic nitrogens is 3. The molecule has 3 aromatic rings. The van der Waals surface area contributed by atoms with Gasteiger partial charge >= 0.3 is 0 Å². The van der Waals surface area contributed by atoms with E-state index in [2.05, 4.69) is 14.6 Å². The summed E-state index contributed by atoms with van der Waals surface area (Å²) < 4.78 is 9.45. The number of anilines is 1. The van der Waals surface area contributed by atoms with E-state index in [4.69, 9.17) is 21.8 Å². The second-order valence-electron chi connectivity index (χ2n) is 3.55. The molecule has 0 radical (unpaired) electrons. The van der Waals surface area contributed by atoms with Crippen molar-refractivity contribution in [2.45, 2.75) is 6.92 Å². The molecular weight excluding hydrogens is 260 g/mol. The molecule has 0 saturated heterocycles. The standard InChI is InChI=1S/C10H7ClN4OS/c1-4-9(17-15-14-4)10-13-7-2-5(11)6(12)3-8(7)16-10/h2-3H,12H2,1H3. The van der Waals surface area contributed by atoms with Crippen molar-refractivity contribution in [1.82, 2.24) is 14.6 Å². The van der Waals surface area contributed by atoms with E-state index in [1.54, 1.807) is 12.1 Å². The van der Waals surface area contributed by atoms with Gasteiger partial charge in [-0.05, 0) is 24.5 Å². The van der Waals surface area contributed by atoms with Gasteiger partial charge in [0.15, 0.2) is 5.58 Å². The van der Waals surface area contributed by atoms with Crippen LogP contribution in [0.1, 0.15) is 5.69 Å². The van der Waals surface area contributed by atoms with Gasteiger partial charge in [0, 0.05) is 6.07 Å². The highest BCUT2D eigenvalue weighted by Crippen LogP contribution is 2.31. The Bertz CT molecular complexity index is 666. The topological polar surface area (TPSA) is 77.8 Å². The number of benzene rings is 1. The summed E-state index contributed by atoms with van der Waals surface area (Å²) in [5, 5.41) is 4.39. The summed E-state index contributed by atoms with van der Waals surface area (Å²) in [5.41, 5.74) is 8.25. The molecule has 86 valence electrons. The Morgan fingerprint density at radius 1 is 1.41 bits per heavy atom. The maximum Gasteiger partial charge on any atom is 0.241 e. The molecule has 0 aliphatic carbocycles. The van der Waals surface area contributed by atoms with Crippen LogP contribution in [-0.4, -0.2) is 14.6 Å². The first-order valence-corrected chi connectivity index (χ1v) is 5.95. The van der Waals surface area contributed by atoms with Gasteiger partial charge in [-0.3, -0.25) is 0 Å². The molecule has 0 spiro atoms. The van der Waals surface area contributed by atoms with E-state index in [0.717, 1.165) is 10.6 Å². The molecule has 0 atom stereocenters. The minimum atomic E-state index is 0.469. The number of oxazole rings is 1. The Kier molecular flexibility index (Phi) is 2.27. The Morgan fingerprint density at radius 2 is 2.24 bits per heavy atom. The van der Waals surface area contributed by atoms with E-state index >= 15 is 0 Å². The second-order valence-corrected chi connectivity index (χ2v) is 4.71. The van der Waals surface area contributed by atoms with Crippen LogP contribution >= 0.6 is 23.1 Å². The van der Waals surface area contributed by atoms with Gasteiger partial charge in [-0.2, -0.15) is 0 Å². The van der Waals surface area contributed by atoms with Crippen molar-refractivity contribution in [2.75, 3.05) is 5.73 Å². The molecule has 7 heteroatoms. The second kappa shape index (κ2) is 3.68. The average Bonchev–Trinajstić information content (AvgIpc) is 2.85. The van der Waals surface area contributed by atoms with Gasteiger partial charge < -0.3 is 10.2 Å². The van der Waals surface area contributed by atoms with Crippen LogP contribution in [0.4, 0.5) is 5.69 Å². The Morgan fingerprint density at radius 3 is 2.94 bits per heavy atom. The lowest BCUT2D eigenvalue weighted by molar-refractivity contribution is 0.621. The number of nitrogens with two attached hydrogens (primary N) is 1. The smallest absolute Gasteiger partial charge is 0.241 e. The molecule has 0 amide bonds. The molecule has 17 heavy (non-hydrogen) atoms. The Labute approximate surface area is 105 Å². The summed E-state index contributed by atoms with van der Waals surface area (Å²) in [6, 6.07) is 3.35. The molecule has 0 bridgehead atoms. The fourth-order valence-electron chi connectivity index (χ4n) is 1.49. The van der Waals surface area contributed by atoms with Crippen molar-refractivity contribution < 1.29 is 4.42 Å². The molecule has 0 unspecified atom stereocenters. The van der Waals surface area contributed by atoms with E-state index < -0.39 is 0 Å². The number of nitrogen functional groups attached to an aromatic ring is 1. The fraction of sp³-hybridized carbons (Fsp3) is 0.100. The Balaban J connectivity index is 2.24. The van der Waals surface area contributed by atoms with Crippen molar-refractivity contribution in [3.05, 3.63) is 22.8 Å². The SMILES string of the molecule is Cc1nnsc1-c1nc2cc(Cl)c(N)cc2o1. The highest BCUT2D eigenvalue weighted by atomic mass is 35.5. The summed E-state index contributed by atoms with van der Waals surface area (Å²) in [6.07, 6.45) is 0. The van der Waals surface area contributed by atoms with E-state index in [1.807, 2.05) is 6.92 Å². The van der Waals surface area contributed by atoms with Crippen LogP contribution in [0.3, 0.4) is 0 Å². The third-order valence-electron chi connectivity index (χ3n) is 2.35. The number of hydrogen-bond acceptors (Lipinski definition) is 6. The third-order valence-corrected chi connectivity index (χ3v) is 3.50. The lowest BCUT2D eigenvalue weighted by Crippen LogP contribution is -1.84. The number of aryl methyl sites for hydroxylation is 1. The molecule has 0 fully saturated rings. The lowest BCUT2D eigenvalue weighted by Gasteiger charge is -1.94. The lowest BCUT2D eigenvalue weighted by atomic mass is 10.3. The molecule has 2 N–H and O–H groups in total. The molecule has 3 rings (SSSR count). The monoisotopic (exact) mass is 266 g/mol. The van der Waals surface area contributed by atoms with Crippen molar-refractivity contribution in [3.8, 4) is 10.8 Å². The third kappa shape index (κ3) is 1.65. The van der Waals surface area contributed by atoms with Crippen molar-refractivity contribution in [3.63, 3.8) is 0 Å².